The molecular formula is C8H15N3O4. The molecule has 0 aliphatic rings. The Labute approximate surface area is 87.0 Å². The number of rotatable bonds is 7. The van der Waals surface area contributed by atoms with E-state index in [1.807, 2.05) is 0 Å². The Morgan fingerprint density at radius 2 is 1.73 bits per heavy atom. The maximum Gasteiger partial charge on any atom is 0.303 e. The Hall–Kier alpha value is -1.63. The van der Waals surface area contributed by atoms with Gasteiger partial charge in [0.05, 0.1) is 13.0 Å². The van der Waals surface area contributed by atoms with E-state index in [9.17, 15) is 14.4 Å². The second-order valence-electron chi connectivity index (χ2n) is 2.81. The van der Waals surface area contributed by atoms with Crippen molar-refractivity contribution in [2.45, 2.75) is 12.8 Å². The summed E-state index contributed by atoms with van der Waals surface area (Å²) in [5, 5.41) is 13.0. The van der Waals surface area contributed by atoms with Crippen LogP contribution in [0.3, 0.4) is 0 Å². The van der Waals surface area contributed by atoms with Crippen molar-refractivity contribution < 1.29 is 19.5 Å². The number of carboxylic acids is 1. The van der Waals surface area contributed by atoms with Crippen molar-refractivity contribution >= 4 is 17.8 Å². The minimum atomic E-state index is -1.04. The molecule has 0 aromatic carbocycles. The quantitative estimate of drug-likeness (QED) is 0.394. The van der Waals surface area contributed by atoms with Crippen molar-refractivity contribution in [1.82, 2.24) is 10.6 Å². The monoisotopic (exact) mass is 217 g/mol. The molecule has 0 aliphatic heterocycles. The summed E-state index contributed by atoms with van der Waals surface area (Å²) >= 11 is 0. The maximum atomic E-state index is 10.9. The second kappa shape index (κ2) is 7.74. The highest BCUT2D eigenvalue weighted by molar-refractivity contribution is 5.86. The number of carbonyl (C=O) groups is 3. The Morgan fingerprint density at radius 3 is 2.27 bits per heavy atom. The standard InChI is InChI=1S/C8H15N3O4/c9-3-4-10-7(13)5-11-6(12)1-2-8(14)15/h1-5,9H2,(H,10,13)(H,11,12)(H,14,15). The number of carboxylic acid groups (broad SMARTS) is 1. The first-order valence-corrected chi connectivity index (χ1v) is 4.51. The van der Waals surface area contributed by atoms with Gasteiger partial charge in [-0.3, -0.25) is 14.4 Å². The van der Waals surface area contributed by atoms with Crippen molar-refractivity contribution in [3.05, 3.63) is 0 Å². The maximum absolute atomic E-state index is 10.9. The highest BCUT2D eigenvalue weighted by atomic mass is 16.4. The van der Waals surface area contributed by atoms with E-state index in [4.69, 9.17) is 10.8 Å². The first-order chi connectivity index (χ1) is 7.06. The fraction of sp³-hybridized carbons (Fsp3) is 0.625. The van der Waals surface area contributed by atoms with Crippen LogP contribution in [0.2, 0.25) is 0 Å². The molecule has 0 aromatic rings. The minimum absolute atomic E-state index is 0.125. The molecule has 2 amide bonds. The summed E-state index contributed by atoms with van der Waals surface area (Å²) in [5.74, 6) is -1.85. The van der Waals surface area contributed by atoms with Crippen molar-refractivity contribution in [1.29, 1.82) is 0 Å². The van der Waals surface area contributed by atoms with Crippen molar-refractivity contribution in [3.63, 3.8) is 0 Å². The van der Waals surface area contributed by atoms with Crippen LogP contribution >= 0.6 is 0 Å². The van der Waals surface area contributed by atoms with Gasteiger partial charge in [0, 0.05) is 19.5 Å². The van der Waals surface area contributed by atoms with Gasteiger partial charge in [0.15, 0.2) is 0 Å². The predicted octanol–water partition coefficient (Wildman–Crippen LogP) is -1.96. The van der Waals surface area contributed by atoms with E-state index in [2.05, 4.69) is 10.6 Å². The first kappa shape index (κ1) is 13.4. The number of nitrogens with two attached hydrogens (primary N) is 1. The fourth-order valence-electron chi connectivity index (χ4n) is 0.762. The summed E-state index contributed by atoms with van der Waals surface area (Å²) < 4.78 is 0. The summed E-state index contributed by atoms with van der Waals surface area (Å²) in [4.78, 5) is 32.0. The Morgan fingerprint density at radius 1 is 1.07 bits per heavy atom. The summed E-state index contributed by atoms with van der Waals surface area (Å²) in [6, 6.07) is 0. The molecule has 0 rings (SSSR count). The molecule has 0 saturated carbocycles. The lowest BCUT2D eigenvalue weighted by molar-refractivity contribution is -0.138. The van der Waals surface area contributed by atoms with Gasteiger partial charge in [-0.05, 0) is 0 Å². The summed E-state index contributed by atoms with van der Waals surface area (Å²) in [6.45, 7) is 0.529. The molecule has 0 radical (unpaired) electrons. The van der Waals surface area contributed by atoms with Crippen LogP contribution in [0.4, 0.5) is 0 Å². The number of carbonyl (C=O) groups excluding carboxylic acids is 2. The topological polar surface area (TPSA) is 122 Å². The van der Waals surface area contributed by atoms with Crippen molar-refractivity contribution in [2.24, 2.45) is 5.73 Å². The number of aliphatic carboxylic acids is 1. The molecule has 5 N–H and O–H groups in total. The van der Waals surface area contributed by atoms with Gasteiger partial charge in [-0.2, -0.15) is 0 Å². The van der Waals surface area contributed by atoms with E-state index in [1.54, 1.807) is 0 Å². The molecule has 0 unspecified atom stereocenters. The molecule has 15 heavy (non-hydrogen) atoms. The molecule has 0 aromatic heterocycles. The van der Waals surface area contributed by atoms with Gasteiger partial charge in [0.25, 0.3) is 0 Å². The van der Waals surface area contributed by atoms with E-state index in [0.717, 1.165) is 0 Å². The molecule has 86 valence electrons. The number of hydrogen-bond acceptors (Lipinski definition) is 4. The van der Waals surface area contributed by atoms with Gasteiger partial charge in [-0.1, -0.05) is 0 Å². The third-order valence-corrected chi connectivity index (χ3v) is 1.48. The molecular weight excluding hydrogens is 202 g/mol. The summed E-state index contributed by atoms with van der Waals surface area (Å²) in [7, 11) is 0. The van der Waals surface area contributed by atoms with E-state index in [-0.39, 0.29) is 25.3 Å². The van der Waals surface area contributed by atoms with Crippen molar-refractivity contribution in [3.8, 4) is 0 Å². The molecule has 0 saturated heterocycles. The lowest BCUT2D eigenvalue weighted by atomic mass is 10.3. The summed E-state index contributed by atoms with van der Waals surface area (Å²) in [6.07, 6.45) is -0.365. The van der Waals surface area contributed by atoms with Gasteiger partial charge in [0.1, 0.15) is 0 Å². The van der Waals surface area contributed by atoms with Crippen LogP contribution in [0, 0.1) is 0 Å². The van der Waals surface area contributed by atoms with Gasteiger partial charge < -0.3 is 21.5 Å². The zero-order valence-corrected chi connectivity index (χ0v) is 8.28. The smallest absolute Gasteiger partial charge is 0.303 e. The molecule has 0 aliphatic carbocycles. The van der Waals surface area contributed by atoms with Crippen LogP contribution in [-0.2, 0) is 14.4 Å². The zero-order chi connectivity index (χ0) is 11.7. The molecule has 0 heterocycles. The zero-order valence-electron chi connectivity index (χ0n) is 8.28. The second-order valence-corrected chi connectivity index (χ2v) is 2.81. The molecule has 0 spiro atoms. The highest BCUT2D eigenvalue weighted by Gasteiger charge is 2.06. The lowest BCUT2D eigenvalue weighted by Crippen LogP contribution is -2.38. The molecule has 0 atom stereocenters. The van der Waals surface area contributed by atoms with E-state index >= 15 is 0 Å². The van der Waals surface area contributed by atoms with Crippen LogP contribution in [0.1, 0.15) is 12.8 Å². The van der Waals surface area contributed by atoms with Gasteiger partial charge in [-0.15, -0.1) is 0 Å². The Kier molecular flexibility index (Phi) is 6.90. The average Bonchev–Trinajstić information content (AvgIpc) is 2.20. The third kappa shape index (κ3) is 8.69. The number of hydrogen-bond donors (Lipinski definition) is 4. The minimum Gasteiger partial charge on any atom is -0.481 e. The molecule has 7 heteroatoms. The SMILES string of the molecule is NCCNC(=O)CNC(=O)CCC(=O)O. The van der Waals surface area contributed by atoms with Crippen LogP contribution in [0.5, 0.6) is 0 Å². The highest BCUT2D eigenvalue weighted by Crippen LogP contribution is 1.87. The summed E-state index contributed by atoms with van der Waals surface area (Å²) in [5.41, 5.74) is 5.15. The van der Waals surface area contributed by atoms with E-state index in [1.165, 1.54) is 0 Å². The van der Waals surface area contributed by atoms with E-state index in [0.29, 0.717) is 13.1 Å². The van der Waals surface area contributed by atoms with E-state index < -0.39 is 11.9 Å². The van der Waals surface area contributed by atoms with Gasteiger partial charge in [0.2, 0.25) is 11.8 Å². The van der Waals surface area contributed by atoms with Crippen molar-refractivity contribution in [2.75, 3.05) is 19.6 Å². The number of amides is 2. The lowest BCUT2D eigenvalue weighted by Gasteiger charge is -2.04. The predicted molar refractivity (Wildman–Crippen MR) is 51.9 cm³/mol. The van der Waals surface area contributed by atoms with Gasteiger partial charge >= 0.3 is 5.97 Å². The Bertz CT molecular complexity index is 242. The first-order valence-electron chi connectivity index (χ1n) is 4.51. The largest absolute Gasteiger partial charge is 0.481 e. The fourth-order valence-corrected chi connectivity index (χ4v) is 0.762. The molecule has 0 fully saturated rings. The average molecular weight is 217 g/mol. The molecule has 7 nitrogen and oxygen atoms in total. The third-order valence-electron chi connectivity index (χ3n) is 1.48. The molecule has 0 bridgehead atoms. The van der Waals surface area contributed by atoms with Crippen LogP contribution in [0.15, 0.2) is 0 Å². The van der Waals surface area contributed by atoms with Gasteiger partial charge in [-0.25, -0.2) is 0 Å². The van der Waals surface area contributed by atoms with Crippen LogP contribution < -0.4 is 16.4 Å². The van der Waals surface area contributed by atoms with Crippen LogP contribution in [0.25, 0.3) is 0 Å². The Balaban J connectivity index is 3.53. The van der Waals surface area contributed by atoms with Crippen LogP contribution in [-0.4, -0.2) is 42.5 Å². The number of nitrogens with one attached hydrogen (secondary N) is 2. The normalized spacial score (nSPS) is 9.40.